The molecule has 3 rings (SSSR count). The molecule has 8 nitrogen and oxygen atoms in total. The van der Waals surface area contributed by atoms with Gasteiger partial charge in [-0.1, -0.05) is 41.9 Å². The fourth-order valence-corrected chi connectivity index (χ4v) is 2.33. The van der Waals surface area contributed by atoms with Crippen molar-refractivity contribution in [3.05, 3.63) is 48.4 Å². The van der Waals surface area contributed by atoms with Crippen molar-refractivity contribution in [2.24, 2.45) is 5.92 Å². The minimum atomic E-state index is -0.201. The summed E-state index contributed by atoms with van der Waals surface area (Å²) in [5, 5.41) is 10.8. The Morgan fingerprint density at radius 1 is 1.32 bits per heavy atom. The fraction of sp³-hybridized carbons (Fsp3) is 0.353. The zero-order valence-electron chi connectivity index (χ0n) is 14.2. The minimum absolute atomic E-state index is 0.0474. The van der Waals surface area contributed by atoms with Crippen LogP contribution in [0.2, 0.25) is 0 Å². The summed E-state index contributed by atoms with van der Waals surface area (Å²) < 4.78 is 6.88. The van der Waals surface area contributed by atoms with Crippen LogP contribution in [-0.2, 0) is 17.8 Å². The number of amides is 1. The first-order valence-corrected chi connectivity index (χ1v) is 8.11. The second-order valence-corrected chi connectivity index (χ2v) is 5.94. The van der Waals surface area contributed by atoms with Crippen molar-refractivity contribution >= 4 is 5.91 Å². The molecule has 1 amide bonds. The quantitative estimate of drug-likeness (QED) is 0.702. The molecule has 1 atom stereocenters. The van der Waals surface area contributed by atoms with E-state index in [1.165, 1.54) is 11.9 Å². The summed E-state index contributed by atoms with van der Waals surface area (Å²) in [4.78, 5) is 20.3. The Labute approximate surface area is 145 Å². The molecule has 0 aliphatic carbocycles. The second-order valence-electron chi connectivity index (χ2n) is 5.94. The Kier molecular flexibility index (Phi) is 5.17. The van der Waals surface area contributed by atoms with E-state index in [0.29, 0.717) is 31.2 Å². The van der Waals surface area contributed by atoms with Crippen LogP contribution in [0, 0.1) is 12.8 Å². The SMILES string of the molecule is Cc1ccc(-c2noc(CCNC(=O)[C@H](C)Cn3cncn3)n2)cc1. The van der Waals surface area contributed by atoms with E-state index < -0.39 is 0 Å². The van der Waals surface area contributed by atoms with Crippen molar-refractivity contribution in [1.29, 1.82) is 0 Å². The Morgan fingerprint density at radius 3 is 2.84 bits per heavy atom. The van der Waals surface area contributed by atoms with E-state index in [1.807, 2.05) is 38.1 Å². The zero-order valence-corrected chi connectivity index (χ0v) is 14.2. The van der Waals surface area contributed by atoms with Gasteiger partial charge in [-0.15, -0.1) is 0 Å². The highest BCUT2D eigenvalue weighted by Gasteiger charge is 2.14. The van der Waals surface area contributed by atoms with Crippen molar-refractivity contribution < 1.29 is 9.32 Å². The fourth-order valence-electron chi connectivity index (χ4n) is 2.33. The molecular formula is C17H20N6O2. The number of carbonyl (C=O) groups is 1. The summed E-state index contributed by atoms with van der Waals surface area (Å²) in [5.74, 6) is 0.807. The number of aromatic nitrogens is 5. The first-order valence-electron chi connectivity index (χ1n) is 8.11. The Morgan fingerprint density at radius 2 is 2.12 bits per heavy atom. The maximum atomic E-state index is 12.1. The van der Waals surface area contributed by atoms with Crippen LogP contribution in [0.1, 0.15) is 18.4 Å². The summed E-state index contributed by atoms with van der Waals surface area (Å²) in [5.41, 5.74) is 2.08. The van der Waals surface area contributed by atoms with Crippen LogP contribution in [0.15, 0.2) is 41.4 Å². The van der Waals surface area contributed by atoms with Gasteiger partial charge in [-0.05, 0) is 6.92 Å². The van der Waals surface area contributed by atoms with Crippen LogP contribution >= 0.6 is 0 Å². The molecule has 3 aromatic rings. The van der Waals surface area contributed by atoms with Gasteiger partial charge in [0, 0.05) is 18.5 Å². The number of hydrogen-bond donors (Lipinski definition) is 1. The summed E-state index contributed by atoms with van der Waals surface area (Å²) in [6, 6.07) is 7.92. The smallest absolute Gasteiger partial charge is 0.228 e. The highest BCUT2D eigenvalue weighted by molar-refractivity contribution is 5.78. The van der Waals surface area contributed by atoms with Crippen molar-refractivity contribution in [2.45, 2.75) is 26.8 Å². The van der Waals surface area contributed by atoms with E-state index >= 15 is 0 Å². The molecule has 0 saturated carbocycles. The predicted molar refractivity (Wildman–Crippen MR) is 90.4 cm³/mol. The normalized spacial score (nSPS) is 12.1. The molecule has 2 heterocycles. The molecular weight excluding hydrogens is 320 g/mol. The van der Waals surface area contributed by atoms with Gasteiger partial charge in [0.2, 0.25) is 17.6 Å². The van der Waals surface area contributed by atoms with Crippen LogP contribution in [-0.4, -0.2) is 37.4 Å². The topological polar surface area (TPSA) is 98.7 Å². The Balaban J connectivity index is 1.47. The average molecular weight is 340 g/mol. The van der Waals surface area contributed by atoms with E-state index in [1.54, 1.807) is 11.0 Å². The number of hydrogen-bond acceptors (Lipinski definition) is 6. The molecule has 0 radical (unpaired) electrons. The predicted octanol–water partition coefficient (Wildman–Crippen LogP) is 1.63. The lowest BCUT2D eigenvalue weighted by Crippen LogP contribution is -2.33. The molecule has 0 aliphatic heterocycles. The molecule has 0 fully saturated rings. The van der Waals surface area contributed by atoms with E-state index in [9.17, 15) is 4.79 Å². The Bertz CT molecular complexity index is 810. The van der Waals surface area contributed by atoms with Gasteiger partial charge in [-0.25, -0.2) is 4.98 Å². The molecule has 2 aromatic heterocycles. The lowest BCUT2D eigenvalue weighted by molar-refractivity contribution is -0.124. The third kappa shape index (κ3) is 4.50. The van der Waals surface area contributed by atoms with Gasteiger partial charge in [0.15, 0.2) is 0 Å². The first kappa shape index (κ1) is 16.8. The first-order chi connectivity index (χ1) is 12.1. The molecule has 1 aromatic carbocycles. The highest BCUT2D eigenvalue weighted by atomic mass is 16.5. The summed E-state index contributed by atoms with van der Waals surface area (Å²) in [6.07, 6.45) is 3.53. The van der Waals surface area contributed by atoms with Crippen LogP contribution in [0.25, 0.3) is 11.4 Å². The number of nitrogens with one attached hydrogen (secondary N) is 1. The molecule has 0 bridgehead atoms. The lowest BCUT2D eigenvalue weighted by Gasteiger charge is -2.11. The molecule has 0 aliphatic rings. The molecule has 25 heavy (non-hydrogen) atoms. The van der Waals surface area contributed by atoms with Gasteiger partial charge in [0.25, 0.3) is 0 Å². The van der Waals surface area contributed by atoms with Gasteiger partial charge in [-0.3, -0.25) is 9.48 Å². The minimum Gasteiger partial charge on any atom is -0.355 e. The third-order valence-corrected chi connectivity index (χ3v) is 3.79. The van der Waals surface area contributed by atoms with E-state index in [2.05, 4.69) is 25.5 Å². The summed E-state index contributed by atoms with van der Waals surface area (Å²) in [7, 11) is 0. The van der Waals surface area contributed by atoms with Crippen LogP contribution in [0.4, 0.5) is 0 Å². The molecule has 0 saturated heterocycles. The van der Waals surface area contributed by atoms with Crippen molar-refractivity contribution in [2.75, 3.05) is 6.54 Å². The van der Waals surface area contributed by atoms with E-state index in [4.69, 9.17) is 4.52 Å². The van der Waals surface area contributed by atoms with Gasteiger partial charge >= 0.3 is 0 Å². The summed E-state index contributed by atoms with van der Waals surface area (Å²) >= 11 is 0. The highest BCUT2D eigenvalue weighted by Crippen LogP contribution is 2.16. The van der Waals surface area contributed by atoms with Crippen LogP contribution < -0.4 is 5.32 Å². The van der Waals surface area contributed by atoms with E-state index in [-0.39, 0.29) is 11.8 Å². The van der Waals surface area contributed by atoms with Crippen LogP contribution in [0.3, 0.4) is 0 Å². The number of carbonyl (C=O) groups excluding carboxylic acids is 1. The summed E-state index contributed by atoms with van der Waals surface area (Å²) in [6.45, 7) is 4.80. The second kappa shape index (κ2) is 7.69. The molecule has 0 spiro atoms. The standard InChI is InChI=1S/C17H20N6O2/c1-12-3-5-14(6-4-12)16-21-15(25-22-16)7-8-19-17(24)13(2)9-23-11-18-10-20-23/h3-6,10-11,13H,7-9H2,1-2H3,(H,19,24)/t13-/m1/s1. The van der Waals surface area contributed by atoms with Gasteiger partial charge in [0.05, 0.1) is 12.5 Å². The molecule has 130 valence electrons. The number of benzene rings is 1. The zero-order chi connectivity index (χ0) is 17.6. The molecule has 0 unspecified atom stereocenters. The van der Waals surface area contributed by atoms with Crippen molar-refractivity contribution in [3.8, 4) is 11.4 Å². The van der Waals surface area contributed by atoms with Gasteiger partial charge in [-0.2, -0.15) is 10.1 Å². The maximum absolute atomic E-state index is 12.1. The molecule has 8 heteroatoms. The number of rotatable bonds is 7. The number of nitrogens with zero attached hydrogens (tertiary/aromatic N) is 5. The van der Waals surface area contributed by atoms with Crippen molar-refractivity contribution in [3.63, 3.8) is 0 Å². The monoisotopic (exact) mass is 340 g/mol. The molecule has 1 N–H and O–H groups in total. The van der Waals surface area contributed by atoms with Crippen LogP contribution in [0.5, 0.6) is 0 Å². The third-order valence-electron chi connectivity index (χ3n) is 3.79. The van der Waals surface area contributed by atoms with E-state index in [0.717, 1.165) is 5.56 Å². The van der Waals surface area contributed by atoms with Gasteiger partial charge < -0.3 is 9.84 Å². The van der Waals surface area contributed by atoms with Gasteiger partial charge in [0.1, 0.15) is 12.7 Å². The maximum Gasteiger partial charge on any atom is 0.228 e. The Hall–Kier alpha value is -3.03. The number of aryl methyl sites for hydroxylation is 1. The lowest BCUT2D eigenvalue weighted by atomic mass is 10.1. The van der Waals surface area contributed by atoms with Crippen molar-refractivity contribution in [1.82, 2.24) is 30.2 Å². The largest absolute Gasteiger partial charge is 0.355 e. The average Bonchev–Trinajstić information content (AvgIpc) is 3.27.